The molecule has 0 aliphatic heterocycles. The maximum absolute atomic E-state index is 11.2. The SMILES string of the molecule is OC(c1cn(-c2ccc(OCc3ccccc3)cc2)nn1)c1c(C2CC2)sc2cncn12. The summed E-state index contributed by atoms with van der Waals surface area (Å²) < 4.78 is 9.50. The van der Waals surface area contributed by atoms with E-state index in [9.17, 15) is 5.11 Å². The number of aromatic nitrogens is 5. The van der Waals surface area contributed by atoms with Crippen molar-refractivity contribution in [1.82, 2.24) is 24.4 Å². The predicted molar refractivity (Wildman–Crippen MR) is 121 cm³/mol. The van der Waals surface area contributed by atoms with Gasteiger partial charge in [0.1, 0.15) is 35.3 Å². The molecule has 160 valence electrons. The van der Waals surface area contributed by atoms with Crippen molar-refractivity contribution in [2.75, 3.05) is 0 Å². The predicted octanol–water partition coefficient (Wildman–Crippen LogP) is 4.51. The summed E-state index contributed by atoms with van der Waals surface area (Å²) >= 11 is 1.70. The van der Waals surface area contributed by atoms with Crippen LogP contribution in [0.15, 0.2) is 73.3 Å². The smallest absolute Gasteiger partial charge is 0.141 e. The maximum Gasteiger partial charge on any atom is 0.141 e. The van der Waals surface area contributed by atoms with Crippen LogP contribution in [0.2, 0.25) is 0 Å². The van der Waals surface area contributed by atoms with Crippen LogP contribution < -0.4 is 4.74 Å². The lowest BCUT2D eigenvalue weighted by Gasteiger charge is -2.09. The number of ether oxygens (including phenoxy) is 1. The molecule has 1 aliphatic carbocycles. The van der Waals surface area contributed by atoms with Crippen LogP contribution in [0.4, 0.5) is 0 Å². The fraction of sp³-hybridized carbons (Fsp3) is 0.208. The second kappa shape index (κ2) is 7.89. The Labute approximate surface area is 188 Å². The van der Waals surface area contributed by atoms with Crippen LogP contribution in [0, 0.1) is 0 Å². The highest BCUT2D eigenvalue weighted by atomic mass is 32.1. The second-order valence-corrected chi connectivity index (χ2v) is 9.05. The summed E-state index contributed by atoms with van der Waals surface area (Å²) in [5, 5.41) is 19.7. The van der Waals surface area contributed by atoms with E-state index in [-0.39, 0.29) is 0 Å². The second-order valence-electron chi connectivity index (χ2n) is 7.99. The zero-order valence-corrected chi connectivity index (χ0v) is 18.0. The summed E-state index contributed by atoms with van der Waals surface area (Å²) in [6, 6.07) is 17.8. The molecule has 1 fully saturated rings. The number of aliphatic hydroxyl groups excluding tert-OH is 1. The van der Waals surface area contributed by atoms with E-state index < -0.39 is 6.10 Å². The zero-order chi connectivity index (χ0) is 21.5. The summed E-state index contributed by atoms with van der Waals surface area (Å²) in [6.45, 7) is 0.520. The van der Waals surface area contributed by atoms with Crippen molar-refractivity contribution < 1.29 is 9.84 Å². The highest BCUT2D eigenvalue weighted by Crippen LogP contribution is 2.47. The van der Waals surface area contributed by atoms with Crippen LogP contribution in [-0.2, 0) is 6.61 Å². The first kappa shape index (κ1) is 19.2. The lowest BCUT2D eigenvalue weighted by atomic mass is 10.1. The van der Waals surface area contributed by atoms with Gasteiger partial charge in [0.2, 0.25) is 0 Å². The van der Waals surface area contributed by atoms with Crippen molar-refractivity contribution in [2.45, 2.75) is 31.5 Å². The van der Waals surface area contributed by atoms with Gasteiger partial charge in [-0.2, -0.15) is 0 Å². The monoisotopic (exact) mass is 443 g/mol. The molecule has 6 rings (SSSR count). The third-order valence-electron chi connectivity index (χ3n) is 5.68. The fourth-order valence-electron chi connectivity index (χ4n) is 3.83. The average molecular weight is 444 g/mol. The summed E-state index contributed by atoms with van der Waals surface area (Å²) in [7, 11) is 0. The Morgan fingerprint density at radius 2 is 1.91 bits per heavy atom. The third-order valence-corrected chi connectivity index (χ3v) is 6.95. The maximum atomic E-state index is 11.2. The molecule has 32 heavy (non-hydrogen) atoms. The molecular weight excluding hydrogens is 422 g/mol. The number of thiazole rings is 1. The first-order valence-electron chi connectivity index (χ1n) is 10.6. The molecule has 3 heterocycles. The molecule has 2 aromatic carbocycles. The van der Waals surface area contributed by atoms with Gasteiger partial charge in [-0.3, -0.25) is 4.40 Å². The van der Waals surface area contributed by atoms with Gasteiger partial charge in [-0.1, -0.05) is 35.5 Å². The number of fused-ring (bicyclic) bond motifs is 1. The molecule has 0 radical (unpaired) electrons. The van der Waals surface area contributed by atoms with Crippen molar-refractivity contribution in [2.24, 2.45) is 0 Å². The Morgan fingerprint density at radius 1 is 1.09 bits per heavy atom. The van der Waals surface area contributed by atoms with Crippen molar-refractivity contribution in [3.8, 4) is 11.4 Å². The van der Waals surface area contributed by atoms with Gasteiger partial charge in [0.15, 0.2) is 0 Å². The molecule has 1 unspecified atom stereocenters. The summed E-state index contributed by atoms with van der Waals surface area (Å²) in [6.07, 6.45) is 6.86. The van der Waals surface area contributed by atoms with E-state index in [1.807, 2.05) is 65.2 Å². The first-order chi connectivity index (χ1) is 15.8. The Bertz CT molecular complexity index is 1350. The number of aliphatic hydroxyl groups is 1. The number of nitrogens with zero attached hydrogens (tertiary/aromatic N) is 5. The highest BCUT2D eigenvalue weighted by molar-refractivity contribution is 7.17. The zero-order valence-electron chi connectivity index (χ0n) is 17.2. The molecule has 3 aromatic heterocycles. The van der Waals surface area contributed by atoms with Crippen molar-refractivity contribution in [1.29, 1.82) is 0 Å². The molecule has 1 N–H and O–H groups in total. The number of rotatable bonds is 7. The fourth-order valence-corrected chi connectivity index (χ4v) is 5.13. The number of imidazole rings is 1. The standard InChI is InChI=1S/C24H21N5O2S/c30-23(22-24(17-6-7-17)32-21-12-25-15-28(21)22)20-13-29(27-26-20)18-8-10-19(11-9-18)31-14-16-4-2-1-3-5-16/h1-5,8-13,15,17,23,30H,6-7,14H2. The van der Waals surface area contributed by atoms with E-state index in [4.69, 9.17) is 4.74 Å². The van der Waals surface area contributed by atoms with Gasteiger partial charge in [0, 0.05) is 4.88 Å². The van der Waals surface area contributed by atoms with E-state index in [2.05, 4.69) is 15.3 Å². The van der Waals surface area contributed by atoms with Crippen LogP contribution in [0.25, 0.3) is 10.5 Å². The topological polar surface area (TPSA) is 77.5 Å². The van der Waals surface area contributed by atoms with Crippen molar-refractivity contribution in [3.05, 3.63) is 95.1 Å². The summed E-state index contributed by atoms with van der Waals surface area (Å²) in [4.78, 5) is 6.49. The Hall–Kier alpha value is -3.49. The summed E-state index contributed by atoms with van der Waals surface area (Å²) in [5.41, 5.74) is 3.35. The van der Waals surface area contributed by atoms with Crippen molar-refractivity contribution >= 4 is 16.2 Å². The summed E-state index contributed by atoms with van der Waals surface area (Å²) in [5.74, 6) is 1.32. The van der Waals surface area contributed by atoms with Crippen LogP contribution in [0.3, 0.4) is 0 Å². The molecule has 5 aromatic rings. The van der Waals surface area contributed by atoms with Crippen LogP contribution in [0.5, 0.6) is 5.75 Å². The lowest BCUT2D eigenvalue weighted by Crippen LogP contribution is -2.06. The van der Waals surface area contributed by atoms with E-state index in [1.165, 1.54) is 17.7 Å². The molecule has 1 atom stereocenters. The van der Waals surface area contributed by atoms with Gasteiger partial charge in [-0.05, 0) is 48.6 Å². The van der Waals surface area contributed by atoms with E-state index in [0.717, 1.165) is 27.5 Å². The number of hydrogen-bond acceptors (Lipinski definition) is 6. The lowest BCUT2D eigenvalue weighted by molar-refractivity contribution is 0.208. The van der Waals surface area contributed by atoms with Gasteiger partial charge < -0.3 is 9.84 Å². The molecule has 1 aliphatic rings. The normalized spacial score (nSPS) is 14.7. The highest BCUT2D eigenvalue weighted by Gasteiger charge is 2.33. The van der Waals surface area contributed by atoms with E-state index >= 15 is 0 Å². The van der Waals surface area contributed by atoms with Crippen molar-refractivity contribution in [3.63, 3.8) is 0 Å². The van der Waals surface area contributed by atoms with E-state index in [0.29, 0.717) is 18.2 Å². The minimum absolute atomic E-state index is 0.518. The van der Waals surface area contributed by atoms with Crippen LogP contribution in [-0.4, -0.2) is 29.5 Å². The third kappa shape index (κ3) is 3.57. The van der Waals surface area contributed by atoms with Gasteiger partial charge in [-0.25, -0.2) is 9.67 Å². The van der Waals surface area contributed by atoms with Gasteiger partial charge in [-0.15, -0.1) is 16.4 Å². The minimum Gasteiger partial charge on any atom is -0.489 e. The van der Waals surface area contributed by atoms with E-state index in [1.54, 1.807) is 28.5 Å². The number of benzene rings is 2. The minimum atomic E-state index is -0.851. The van der Waals surface area contributed by atoms with Crippen LogP contribution >= 0.6 is 11.3 Å². The molecule has 1 saturated carbocycles. The molecule has 0 saturated heterocycles. The van der Waals surface area contributed by atoms with Gasteiger partial charge in [0.05, 0.1) is 23.8 Å². The Balaban J connectivity index is 1.21. The molecule has 0 bridgehead atoms. The van der Waals surface area contributed by atoms with Gasteiger partial charge in [0.25, 0.3) is 0 Å². The number of hydrogen-bond donors (Lipinski definition) is 1. The molecule has 7 nitrogen and oxygen atoms in total. The molecule has 8 heteroatoms. The van der Waals surface area contributed by atoms with Crippen LogP contribution in [0.1, 0.15) is 46.7 Å². The molecular formula is C24H21N5O2S. The molecule has 0 amide bonds. The largest absolute Gasteiger partial charge is 0.489 e. The Morgan fingerprint density at radius 3 is 2.69 bits per heavy atom. The molecule has 0 spiro atoms. The first-order valence-corrected chi connectivity index (χ1v) is 11.4. The average Bonchev–Trinajstić information content (AvgIpc) is 3.22. The van der Waals surface area contributed by atoms with Gasteiger partial charge >= 0.3 is 0 Å². The Kier molecular flexibility index (Phi) is 4.74. The quantitative estimate of drug-likeness (QED) is 0.400.